The molecule has 3 aromatic carbocycles. The predicted molar refractivity (Wildman–Crippen MR) is 126 cm³/mol. The van der Waals surface area contributed by atoms with Crippen LogP contribution in [0.25, 0.3) is 0 Å². The van der Waals surface area contributed by atoms with Crippen LogP contribution in [-0.4, -0.2) is 35.0 Å². The van der Waals surface area contributed by atoms with Crippen molar-refractivity contribution >= 4 is 23.3 Å². The van der Waals surface area contributed by atoms with Gasteiger partial charge in [-0.05, 0) is 61.4 Å². The van der Waals surface area contributed by atoms with Gasteiger partial charge in [0.15, 0.2) is 0 Å². The highest BCUT2D eigenvalue weighted by Gasteiger charge is 2.27. The van der Waals surface area contributed by atoms with Crippen molar-refractivity contribution in [2.45, 2.75) is 26.0 Å². The zero-order chi connectivity index (χ0) is 23.4. The van der Waals surface area contributed by atoms with E-state index in [0.29, 0.717) is 41.2 Å². The van der Waals surface area contributed by atoms with E-state index in [2.05, 4.69) is 5.32 Å². The van der Waals surface area contributed by atoms with Crippen molar-refractivity contribution in [2.24, 2.45) is 0 Å². The summed E-state index contributed by atoms with van der Waals surface area (Å²) in [6, 6.07) is 20.2. The number of hydrogen-bond donors (Lipinski definition) is 2. The van der Waals surface area contributed by atoms with E-state index in [1.54, 1.807) is 83.5 Å². The number of carbonyl (C=O) groups excluding carboxylic acids is 2. The highest BCUT2D eigenvalue weighted by Crippen LogP contribution is 2.23. The number of amides is 3. The lowest BCUT2D eigenvalue weighted by molar-refractivity contribution is 0.102. The highest BCUT2D eigenvalue weighted by atomic mass is 19.1. The Kier molecular flexibility index (Phi) is 6.70. The molecular formula is C26H26FN3O3. The number of nitrogens with one attached hydrogen (secondary N) is 1. The lowest BCUT2D eigenvalue weighted by Gasteiger charge is -2.35. The smallest absolute Gasteiger partial charge is 0.324 e. The van der Waals surface area contributed by atoms with Gasteiger partial charge < -0.3 is 15.3 Å². The molecule has 0 radical (unpaired) electrons. The van der Waals surface area contributed by atoms with Gasteiger partial charge in [0.1, 0.15) is 5.82 Å². The van der Waals surface area contributed by atoms with Crippen LogP contribution in [0.1, 0.15) is 40.9 Å². The number of aliphatic hydroxyl groups is 1. The van der Waals surface area contributed by atoms with Gasteiger partial charge >= 0.3 is 6.03 Å². The normalized spacial score (nSPS) is 14.8. The molecule has 33 heavy (non-hydrogen) atoms. The first-order valence-electron chi connectivity index (χ1n) is 10.9. The highest BCUT2D eigenvalue weighted by molar-refractivity contribution is 6.04. The first-order valence-corrected chi connectivity index (χ1v) is 10.9. The van der Waals surface area contributed by atoms with Crippen molar-refractivity contribution in [1.82, 2.24) is 4.90 Å². The molecule has 6 nitrogen and oxygen atoms in total. The minimum absolute atomic E-state index is 0.184. The van der Waals surface area contributed by atoms with E-state index in [1.807, 2.05) is 0 Å². The Hall–Kier alpha value is -3.71. The van der Waals surface area contributed by atoms with Gasteiger partial charge in [-0.3, -0.25) is 9.69 Å². The van der Waals surface area contributed by atoms with E-state index < -0.39 is 6.10 Å². The summed E-state index contributed by atoms with van der Waals surface area (Å²) in [4.78, 5) is 28.9. The van der Waals surface area contributed by atoms with Crippen molar-refractivity contribution in [3.63, 3.8) is 0 Å². The quantitative estimate of drug-likeness (QED) is 0.561. The molecule has 3 amide bonds. The van der Waals surface area contributed by atoms with E-state index in [1.165, 1.54) is 6.07 Å². The van der Waals surface area contributed by atoms with E-state index in [-0.39, 0.29) is 24.3 Å². The summed E-state index contributed by atoms with van der Waals surface area (Å²) in [7, 11) is 0. The second-order valence-electron chi connectivity index (χ2n) is 8.10. The Morgan fingerprint density at radius 3 is 2.55 bits per heavy atom. The summed E-state index contributed by atoms with van der Waals surface area (Å²) < 4.78 is 14.0. The molecule has 0 aliphatic carbocycles. The number of carbonyl (C=O) groups is 2. The van der Waals surface area contributed by atoms with Crippen LogP contribution < -0.4 is 10.2 Å². The Balaban J connectivity index is 1.44. The maximum absolute atomic E-state index is 14.0. The Morgan fingerprint density at radius 1 is 1.06 bits per heavy atom. The van der Waals surface area contributed by atoms with Crippen molar-refractivity contribution in [3.05, 3.63) is 95.3 Å². The molecule has 3 aromatic rings. The van der Waals surface area contributed by atoms with Crippen LogP contribution in [0, 0.1) is 5.82 Å². The molecule has 1 heterocycles. The summed E-state index contributed by atoms with van der Waals surface area (Å²) >= 11 is 0. The maximum Gasteiger partial charge on any atom is 0.324 e. The molecular weight excluding hydrogens is 421 g/mol. The zero-order valence-corrected chi connectivity index (χ0v) is 18.4. The summed E-state index contributed by atoms with van der Waals surface area (Å²) in [5, 5.41) is 12.5. The molecule has 1 aliphatic rings. The maximum atomic E-state index is 14.0. The number of rotatable bonds is 6. The van der Waals surface area contributed by atoms with Gasteiger partial charge in [0.05, 0.1) is 12.6 Å². The molecule has 0 bridgehead atoms. The molecule has 1 saturated heterocycles. The molecule has 1 aliphatic heterocycles. The van der Waals surface area contributed by atoms with Crippen molar-refractivity contribution in [3.8, 4) is 0 Å². The van der Waals surface area contributed by atoms with Crippen LogP contribution in [0.2, 0.25) is 0 Å². The standard InChI is InChI=1S/C26H26FN3O3/c1-18(31)20-7-4-8-22(16-20)28-25(32)19-10-12-23(13-11-19)30-15-5-14-29(26(30)33)17-21-6-2-3-9-24(21)27/h2-4,6-13,16,18,31H,5,14-15,17H2,1H3,(H,28,32). The lowest BCUT2D eigenvalue weighted by Crippen LogP contribution is -2.49. The number of benzene rings is 3. The summed E-state index contributed by atoms with van der Waals surface area (Å²) in [6.07, 6.45) is 0.142. The monoisotopic (exact) mass is 447 g/mol. The van der Waals surface area contributed by atoms with Gasteiger partial charge in [-0.2, -0.15) is 0 Å². The van der Waals surface area contributed by atoms with Crippen LogP contribution in [0.15, 0.2) is 72.8 Å². The largest absolute Gasteiger partial charge is 0.389 e. The number of halogens is 1. The summed E-state index contributed by atoms with van der Waals surface area (Å²) in [6.45, 7) is 3.01. The van der Waals surface area contributed by atoms with E-state index in [9.17, 15) is 19.1 Å². The van der Waals surface area contributed by atoms with Gasteiger partial charge in [0.2, 0.25) is 0 Å². The van der Waals surface area contributed by atoms with Gasteiger partial charge in [-0.25, -0.2) is 9.18 Å². The van der Waals surface area contributed by atoms with Gasteiger partial charge in [-0.1, -0.05) is 30.3 Å². The molecule has 2 N–H and O–H groups in total. The number of nitrogens with zero attached hydrogens (tertiary/aromatic N) is 2. The molecule has 0 saturated carbocycles. The van der Waals surface area contributed by atoms with Crippen molar-refractivity contribution in [2.75, 3.05) is 23.3 Å². The molecule has 1 fully saturated rings. The topological polar surface area (TPSA) is 72.9 Å². The van der Waals surface area contributed by atoms with Gasteiger partial charge in [0, 0.05) is 35.6 Å². The number of anilines is 2. The first-order chi connectivity index (χ1) is 15.9. The Labute approximate surface area is 192 Å². The fraction of sp³-hybridized carbons (Fsp3) is 0.231. The molecule has 7 heteroatoms. The zero-order valence-electron chi connectivity index (χ0n) is 18.4. The second-order valence-corrected chi connectivity index (χ2v) is 8.10. The minimum Gasteiger partial charge on any atom is -0.389 e. The summed E-state index contributed by atoms with van der Waals surface area (Å²) in [5.41, 5.74) is 2.93. The molecule has 1 atom stereocenters. The third kappa shape index (κ3) is 5.21. The number of urea groups is 1. The number of aliphatic hydroxyl groups excluding tert-OH is 1. The molecule has 0 aromatic heterocycles. The fourth-order valence-electron chi connectivity index (χ4n) is 3.87. The van der Waals surface area contributed by atoms with E-state index in [0.717, 1.165) is 6.42 Å². The predicted octanol–water partition coefficient (Wildman–Crippen LogP) is 4.96. The van der Waals surface area contributed by atoms with Crippen LogP contribution >= 0.6 is 0 Å². The molecule has 4 rings (SSSR count). The summed E-state index contributed by atoms with van der Waals surface area (Å²) in [5.74, 6) is -0.604. The average molecular weight is 448 g/mol. The van der Waals surface area contributed by atoms with Crippen LogP contribution in [0.5, 0.6) is 0 Å². The SMILES string of the molecule is CC(O)c1cccc(NC(=O)c2ccc(N3CCCN(Cc4ccccc4F)C3=O)cc2)c1. The average Bonchev–Trinajstić information content (AvgIpc) is 2.82. The van der Waals surface area contributed by atoms with Crippen molar-refractivity contribution in [1.29, 1.82) is 0 Å². The van der Waals surface area contributed by atoms with Crippen LogP contribution in [-0.2, 0) is 6.54 Å². The first kappa shape index (κ1) is 22.5. The minimum atomic E-state index is -0.624. The van der Waals surface area contributed by atoms with Crippen LogP contribution in [0.3, 0.4) is 0 Å². The van der Waals surface area contributed by atoms with E-state index >= 15 is 0 Å². The Bertz CT molecular complexity index is 1150. The van der Waals surface area contributed by atoms with Crippen LogP contribution in [0.4, 0.5) is 20.6 Å². The molecule has 170 valence electrons. The third-order valence-electron chi connectivity index (χ3n) is 5.70. The third-order valence-corrected chi connectivity index (χ3v) is 5.70. The lowest BCUT2D eigenvalue weighted by atomic mass is 10.1. The second kappa shape index (κ2) is 9.83. The number of hydrogen-bond acceptors (Lipinski definition) is 3. The fourth-order valence-corrected chi connectivity index (χ4v) is 3.87. The van der Waals surface area contributed by atoms with E-state index in [4.69, 9.17) is 0 Å². The Morgan fingerprint density at radius 2 is 1.82 bits per heavy atom. The molecule has 0 spiro atoms. The van der Waals surface area contributed by atoms with Gasteiger partial charge in [-0.15, -0.1) is 0 Å². The molecule has 1 unspecified atom stereocenters. The van der Waals surface area contributed by atoms with Gasteiger partial charge in [0.25, 0.3) is 5.91 Å². The van der Waals surface area contributed by atoms with Crippen molar-refractivity contribution < 1.29 is 19.1 Å².